The number of H-pyrrole nitrogens is 1. The highest BCUT2D eigenvalue weighted by Gasteiger charge is 2.50. The van der Waals surface area contributed by atoms with Gasteiger partial charge >= 0.3 is 0 Å². The van der Waals surface area contributed by atoms with Crippen LogP contribution in [0.15, 0.2) is 12.5 Å². The van der Waals surface area contributed by atoms with Gasteiger partial charge in [-0.1, -0.05) is 0 Å². The highest BCUT2D eigenvalue weighted by atomic mass is 16.5. The molecule has 142 valence electrons. The fraction of sp³-hybridized carbons (Fsp3) is 0.579. The van der Waals surface area contributed by atoms with Crippen molar-refractivity contribution in [1.29, 1.82) is 0 Å². The molecule has 2 saturated heterocycles. The lowest BCUT2D eigenvalue weighted by molar-refractivity contribution is -0.127. The minimum absolute atomic E-state index is 0.0868. The molecule has 1 spiro atoms. The van der Waals surface area contributed by atoms with Gasteiger partial charge in [-0.05, 0) is 33.3 Å². The van der Waals surface area contributed by atoms with Crippen molar-refractivity contribution in [3.63, 3.8) is 0 Å². The van der Waals surface area contributed by atoms with Gasteiger partial charge in [-0.25, -0.2) is 15.0 Å². The summed E-state index contributed by atoms with van der Waals surface area (Å²) in [6.07, 6.45) is 4.34. The molecular formula is C19H25N7O. The smallest absolute Gasteiger partial charge is 0.183 e. The average molecular weight is 367 g/mol. The second-order valence-corrected chi connectivity index (χ2v) is 8.98. The van der Waals surface area contributed by atoms with E-state index in [-0.39, 0.29) is 5.54 Å². The quantitative estimate of drug-likeness (QED) is 0.763. The molecule has 0 amide bonds. The third-order valence-corrected chi connectivity index (χ3v) is 5.59. The minimum atomic E-state index is -0.0868. The summed E-state index contributed by atoms with van der Waals surface area (Å²) >= 11 is 0. The van der Waals surface area contributed by atoms with Crippen molar-refractivity contribution < 1.29 is 4.74 Å². The van der Waals surface area contributed by atoms with E-state index in [0.717, 1.165) is 60.4 Å². The number of hydrogen-bond donors (Lipinski definition) is 1. The first kappa shape index (κ1) is 16.7. The number of imidazole rings is 1. The van der Waals surface area contributed by atoms with E-state index in [1.54, 1.807) is 0 Å². The van der Waals surface area contributed by atoms with Gasteiger partial charge in [0.05, 0.1) is 31.2 Å². The Hall–Kier alpha value is -2.48. The lowest BCUT2D eigenvalue weighted by Gasteiger charge is -2.55. The molecular weight excluding hydrogens is 342 g/mol. The van der Waals surface area contributed by atoms with Gasteiger partial charge in [0.1, 0.15) is 11.3 Å². The Morgan fingerprint density at radius 2 is 2.00 bits per heavy atom. The Morgan fingerprint density at radius 3 is 2.59 bits per heavy atom. The lowest BCUT2D eigenvalue weighted by Crippen LogP contribution is -2.66. The van der Waals surface area contributed by atoms with Crippen LogP contribution in [0.5, 0.6) is 0 Å². The van der Waals surface area contributed by atoms with E-state index in [4.69, 9.17) is 14.7 Å². The molecule has 0 radical (unpaired) electrons. The number of aromatic nitrogens is 6. The molecule has 0 saturated carbocycles. The molecule has 2 fully saturated rings. The van der Waals surface area contributed by atoms with Gasteiger partial charge in [-0.2, -0.15) is 5.10 Å². The van der Waals surface area contributed by atoms with E-state index in [9.17, 15) is 0 Å². The normalized spacial score (nSPS) is 18.7. The van der Waals surface area contributed by atoms with Crippen molar-refractivity contribution in [1.82, 2.24) is 29.7 Å². The standard InChI is InChI=1S/C19H25N7O/c1-12-6-21-24-13(12)5-14-22-16-15(26(11-20-16)18(2,3)4)17(23-14)25-7-19(8-25)9-27-10-19/h6,11H,5,7-10H2,1-4H3,(H,21,24). The first-order valence-electron chi connectivity index (χ1n) is 9.41. The third-order valence-electron chi connectivity index (χ3n) is 5.59. The number of aromatic amines is 1. The molecule has 5 rings (SSSR count). The summed E-state index contributed by atoms with van der Waals surface area (Å²) in [6.45, 7) is 12.3. The second kappa shape index (κ2) is 5.51. The third kappa shape index (κ3) is 2.62. The van der Waals surface area contributed by atoms with Crippen molar-refractivity contribution in [2.75, 3.05) is 31.2 Å². The molecule has 3 aromatic heterocycles. The largest absolute Gasteiger partial charge is 0.380 e. The monoisotopic (exact) mass is 367 g/mol. The zero-order valence-electron chi connectivity index (χ0n) is 16.3. The second-order valence-electron chi connectivity index (χ2n) is 8.98. The highest BCUT2D eigenvalue weighted by Crippen LogP contribution is 2.42. The number of fused-ring (bicyclic) bond motifs is 1. The summed E-state index contributed by atoms with van der Waals surface area (Å²) in [5.41, 5.74) is 4.18. The Balaban J connectivity index is 1.59. The summed E-state index contributed by atoms with van der Waals surface area (Å²) in [5, 5.41) is 7.17. The summed E-state index contributed by atoms with van der Waals surface area (Å²) in [7, 11) is 0. The SMILES string of the molecule is Cc1cn[nH]c1Cc1nc(N2CC3(COC3)C2)c2c(ncn2C(C)(C)C)n1. The fourth-order valence-corrected chi connectivity index (χ4v) is 3.96. The maximum absolute atomic E-state index is 5.43. The van der Waals surface area contributed by atoms with Crippen LogP contribution in [0.4, 0.5) is 5.82 Å². The van der Waals surface area contributed by atoms with Crippen molar-refractivity contribution >= 4 is 17.0 Å². The summed E-state index contributed by atoms with van der Waals surface area (Å²) in [6, 6.07) is 0. The molecule has 3 aromatic rings. The Bertz CT molecular complexity index is 1000. The van der Waals surface area contributed by atoms with Gasteiger partial charge in [-0.3, -0.25) is 5.10 Å². The Kier molecular flexibility index (Phi) is 3.40. The van der Waals surface area contributed by atoms with Crippen LogP contribution < -0.4 is 4.90 Å². The number of anilines is 1. The average Bonchev–Trinajstić information content (AvgIpc) is 3.11. The van der Waals surface area contributed by atoms with Gasteiger partial charge in [0, 0.05) is 30.7 Å². The van der Waals surface area contributed by atoms with Crippen LogP contribution in [0.25, 0.3) is 11.2 Å². The first-order valence-corrected chi connectivity index (χ1v) is 9.41. The predicted molar refractivity (Wildman–Crippen MR) is 102 cm³/mol. The van der Waals surface area contributed by atoms with Gasteiger partial charge in [-0.15, -0.1) is 0 Å². The number of aryl methyl sites for hydroxylation is 1. The molecule has 0 bridgehead atoms. The van der Waals surface area contributed by atoms with Gasteiger partial charge in [0.15, 0.2) is 11.5 Å². The van der Waals surface area contributed by atoms with Crippen LogP contribution in [0, 0.1) is 12.3 Å². The Morgan fingerprint density at radius 1 is 1.22 bits per heavy atom. The van der Waals surface area contributed by atoms with Gasteiger partial charge in [0.2, 0.25) is 0 Å². The number of ether oxygens (including phenoxy) is 1. The number of nitrogens with one attached hydrogen (secondary N) is 1. The molecule has 0 unspecified atom stereocenters. The molecule has 0 aromatic carbocycles. The van der Waals surface area contributed by atoms with Crippen molar-refractivity contribution in [2.24, 2.45) is 5.41 Å². The van der Waals surface area contributed by atoms with E-state index in [1.807, 2.05) is 19.4 Å². The van der Waals surface area contributed by atoms with Crippen LogP contribution in [-0.4, -0.2) is 56.0 Å². The predicted octanol–water partition coefficient (Wildman–Crippen LogP) is 2.04. The van der Waals surface area contributed by atoms with Crippen molar-refractivity contribution in [2.45, 2.75) is 39.7 Å². The van der Waals surface area contributed by atoms with Crippen molar-refractivity contribution in [3.8, 4) is 0 Å². The molecule has 27 heavy (non-hydrogen) atoms. The van der Waals surface area contributed by atoms with Gasteiger partial charge in [0.25, 0.3) is 0 Å². The first-order chi connectivity index (χ1) is 12.8. The summed E-state index contributed by atoms with van der Waals surface area (Å²) in [5.74, 6) is 1.76. The zero-order valence-corrected chi connectivity index (χ0v) is 16.3. The minimum Gasteiger partial charge on any atom is -0.380 e. The van der Waals surface area contributed by atoms with E-state index >= 15 is 0 Å². The van der Waals surface area contributed by atoms with Crippen LogP contribution >= 0.6 is 0 Å². The topological polar surface area (TPSA) is 84.8 Å². The fourth-order valence-electron chi connectivity index (χ4n) is 3.96. The molecule has 5 heterocycles. The highest BCUT2D eigenvalue weighted by molar-refractivity contribution is 5.85. The number of rotatable bonds is 3. The zero-order chi connectivity index (χ0) is 18.8. The van der Waals surface area contributed by atoms with E-state index in [2.05, 4.69) is 45.4 Å². The molecule has 2 aliphatic rings. The van der Waals surface area contributed by atoms with Crippen molar-refractivity contribution in [3.05, 3.63) is 29.6 Å². The molecule has 8 nitrogen and oxygen atoms in total. The molecule has 8 heteroatoms. The molecule has 0 atom stereocenters. The van der Waals surface area contributed by atoms with Gasteiger partial charge < -0.3 is 14.2 Å². The molecule has 2 aliphatic heterocycles. The van der Waals surface area contributed by atoms with Crippen LogP contribution in [0.3, 0.4) is 0 Å². The molecule has 0 aliphatic carbocycles. The Labute approximate surface area is 158 Å². The summed E-state index contributed by atoms with van der Waals surface area (Å²) in [4.78, 5) is 16.7. The molecule has 1 N–H and O–H groups in total. The lowest BCUT2D eigenvalue weighted by atomic mass is 9.78. The van der Waals surface area contributed by atoms with Crippen LogP contribution in [-0.2, 0) is 16.7 Å². The van der Waals surface area contributed by atoms with E-state index in [0.29, 0.717) is 11.8 Å². The van der Waals surface area contributed by atoms with Crippen LogP contribution in [0.2, 0.25) is 0 Å². The van der Waals surface area contributed by atoms with Crippen LogP contribution in [0.1, 0.15) is 37.9 Å². The summed E-state index contributed by atoms with van der Waals surface area (Å²) < 4.78 is 7.62. The maximum Gasteiger partial charge on any atom is 0.183 e. The number of hydrogen-bond acceptors (Lipinski definition) is 6. The maximum atomic E-state index is 5.43. The van der Waals surface area contributed by atoms with E-state index in [1.165, 1.54) is 0 Å². The number of nitrogens with zero attached hydrogens (tertiary/aromatic N) is 6. The van der Waals surface area contributed by atoms with E-state index < -0.39 is 0 Å².